The van der Waals surface area contributed by atoms with Crippen LogP contribution in [0.4, 0.5) is 0 Å². The first kappa shape index (κ1) is 14.3. The van der Waals surface area contributed by atoms with Crippen molar-refractivity contribution in [3.8, 4) is 0 Å². The maximum Gasteiger partial charge on any atom is -0.0137 e. The zero-order valence-corrected chi connectivity index (χ0v) is 11.8. The second-order valence-corrected chi connectivity index (χ2v) is 4.79. The summed E-state index contributed by atoms with van der Waals surface area (Å²) in [6, 6.07) is 0. The predicted molar refractivity (Wildman–Crippen MR) is 78.1 cm³/mol. The molecule has 2 aliphatic rings. The first-order chi connectivity index (χ1) is 8.42. The highest BCUT2D eigenvalue weighted by Gasteiger charge is 2.25. The van der Waals surface area contributed by atoms with Gasteiger partial charge < -0.3 is 0 Å². The van der Waals surface area contributed by atoms with E-state index >= 15 is 0 Å². The Hall–Kier alpha value is -0.780. The summed E-state index contributed by atoms with van der Waals surface area (Å²) in [6.07, 6.45) is 19.6. The van der Waals surface area contributed by atoms with Gasteiger partial charge in [0.05, 0.1) is 0 Å². The number of allylic oxidation sites excluding steroid dienone is 6. The fourth-order valence-corrected chi connectivity index (χ4v) is 3.01. The van der Waals surface area contributed by atoms with E-state index in [2.05, 4.69) is 37.3 Å². The molecule has 17 heavy (non-hydrogen) atoms. The van der Waals surface area contributed by atoms with Crippen molar-refractivity contribution in [3.05, 3.63) is 36.0 Å². The monoisotopic (exact) mass is 232 g/mol. The molecule has 0 aromatic carbocycles. The normalized spacial score (nSPS) is 27.8. The van der Waals surface area contributed by atoms with Crippen LogP contribution in [0.2, 0.25) is 0 Å². The highest BCUT2D eigenvalue weighted by atomic mass is 14.3. The van der Waals surface area contributed by atoms with E-state index in [1.165, 1.54) is 32.1 Å². The van der Waals surface area contributed by atoms with Crippen LogP contribution in [0, 0.1) is 11.8 Å². The number of hydrogen-bond acceptors (Lipinski definition) is 0. The Morgan fingerprint density at radius 3 is 2.65 bits per heavy atom. The molecule has 0 bridgehead atoms. The van der Waals surface area contributed by atoms with Crippen LogP contribution in [0.3, 0.4) is 0 Å². The molecule has 0 amide bonds. The molecule has 0 radical (unpaired) electrons. The van der Waals surface area contributed by atoms with Crippen LogP contribution in [0.1, 0.15) is 59.3 Å². The summed E-state index contributed by atoms with van der Waals surface area (Å²) in [5, 5.41) is 0. The maximum absolute atomic E-state index is 2.43. The molecule has 0 saturated heterocycles. The quantitative estimate of drug-likeness (QED) is 0.575. The van der Waals surface area contributed by atoms with Gasteiger partial charge in [-0.25, -0.2) is 0 Å². The fraction of sp³-hybridized carbons (Fsp3) is 0.647. The van der Waals surface area contributed by atoms with Gasteiger partial charge in [-0.2, -0.15) is 0 Å². The average Bonchev–Trinajstić information content (AvgIpc) is 2.70. The Morgan fingerprint density at radius 1 is 1.12 bits per heavy atom. The van der Waals surface area contributed by atoms with Crippen molar-refractivity contribution in [1.82, 2.24) is 0 Å². The van der Waals surface area contributed by atoms with Crippen LogP contribution in [0.15, 0.2) is 36.0 Å². The summed E-state index contributed by atoms with van der Waals surface area (Å²) in [4.78, 5) is 0. The van der Waals surface area contributed by atoms with E-state index in [4.69, 9.17) is 0 Å². The SMILES string of the molecule is CC.CCC1CCCCC1C1=CCC=CC=C1. The highest BCUT2D eigenvalue weighted by Crippen LogP contribution is 2.37. The highest BCUT2D eigenvalue weighted by molar-refractivity contribution is 5.29. The van der Waals surface area contributed by atoms with Crippen LogP contribution in [-0.4, -0.2) is 0 Å². The van der Waals surface area contributed by atoms with Crippen molar-refractivity contribution in [1.29, 1.82) is 0 Å². The van der Waals surface area contributed by atoms with Crippen LogP contribution in [0.25, 0.3) is 0 Å². The largest absolute Gasteiger partial charge is 0.0807 e. The summed E-state index contributed by atoms with van der Waals surface area (Å²) in [6.45, 7) is 6.35. The van der Waals surface area contributed by atoms with Gasteiger partial charge in [0.2, 0.25) is 0 Å². The Morgan fingerprint density at radius 2 is 1.88 bits per heavy atom. The molecule has 0 aromatic rings. The van der Waals surface area contributed by atoms with Gasteiger partial charge in [-0.3, -0.25) is 0 Å². The molecule has 96 valence electrons. The third kappa shape index (κ3) is 4.18. The lowest BCUT2D eigenvalue weighted by atomic mass is 9.74. The zero-order valence-electron chi connectivity index (χ0n) is 11.8. The second kappa shape index (κ2) is 8.33. The second-order valence-electron chi connectivity index (χ2n) is 4.79. The average molecular weight is 232 g/mol. The molecule has 2 aliphatic carbocycles. The maximum atomic E-state index is 2.43. The summed E-state index contributed by atoms with van der Waals surface area (Å²) >= 11 is 0. The first-order valence-electron chi connectivity index (χ1n) is 7.45. The van der Waals surface area contributed by atoms with E-state index in [-0.39, 0.29) is 0 Å². The fourth-order valence-electron chi connectivity index (χ4n) is 3.01. The van der Waals surface area contributed by atoms with Crippen molar-refractivity contribution in [2.45, 2.75) is 59.3 Å². The number of rotatable bonds is 2. The first-order valence-corrected chi connectivity index (χ1v) is 7.45. The third-order valence-corrected chi connectivity index (χ3v) is 3.89. The minimum absolute atomic E-state index is 0.847. The molecule has 2 rings (SSSR count). The molecule has 2 unspecified atom stereocenters. The van der Waals surface area contributed by atoms with Gasteiger partial charge in [-0.1, -0.05) is 70.4 Å². The lowest BCUT2D eigenvalue weighted by molar-refractivity contribution is 0.268. The molecule has 0 aromatic heterocycles. The smallest absolute Gasteiger partial charge is 0.0137 e. The van der Waals surface area contributed by atoms with Gasteiger partial charge in [0.15, 0.2) is 0 Å². The van der Waals surface area contributed by atoms with Crippen LogP contribution in [-0.2, 0) is 0 Å². The van der Waals surface area contributed by atoms with E-state index < -0.39 is 0 Å². The molecule has 0 heterocycles. The lowest BCUT2D eigenvalue weighted by Gasteiger charge is -2.31. The van der Waals surface area contributed by atoms with Crippen LogP contribution >= 0.6 is 0 Å². The van der Waals surface area contributed by atoms with Crippen LogP contribution < -0.4 is 0 Å². The van der Waals surface area contributed by atoms with Crippen molar-refractivity contribution < 1.29 is 0 Å². The van der Waals surface area contributed by atoms with Gasteiger partial charge in [-0.05, 0) is 36.7 Å². The van der Waals surface area contributed by atoms with Crippen molar-refractivity contribution in [2.24, 2.45) is 11.8 Å². The Labute approximate surface area is 108 Å². The van der Waals surface area contributed by atoms with E-state index in [0.29, 0.717) is 0 Å². The molecule has 0 N–H and O–H groups in total. The van der Waals surface area contributed by atoms with Gasteiger partial charge in [-0.15, -0.1) is 0 Å². The molecule has 2 atom stereocenters. The van der Waals surface area contributed by atoms with Gasteiger partial charge in [0.1, 0.15) is 0 Å². The standard InChI is InChI=1S/C15H22.C2H6/c1-2-13-9-7-8-12-15(13)14-10-5-3-4-6-11-14;1-2/h3-5,10-11,13,15H,2,6-9,12H2,1H3;1-2H3. The minimum atomic E-state index is 0.847. The minimum Gasteiger partial charge on any atom is -0.0807 e. The van der Waals surface area contributed by atoms with Gasteiger partial charge in [0, 0.05) is 0 Å². The third-order valence-electron chi connectivity index (χ3n) is 3.89. The van der Waals surface area contributed by atoms with Gasteiger partial charge >= 0.3 is 0 Å². The van der Waals surface area contributed by atoms with Crippen LogP contribution in [0.5, 0.6) is 0 Å². The molecule has 1 fully saturated rings. The number of hydrogen-bond donors (Lipinski definition) is 0. The molecular weight excluding hydrogens is 204 g/mol. The van der Waals surface area contributed by atoms with Gasteiger partial charge in [0.25, 0.3) is 0 Å². The Kier molecular flexibility index (Phi) is 7.00. The van der Waals surface area contributed by atoms with E-state index in [0.717, 1.165) is 18.3 Å². The van der Waals surface area contributed by atoms with Crippen molar-refractivity contribution >= 4 is 0 Å². The summed E-state index contributed by atoms with van der Waals surface area (Å²) in [7, 11) is 0. The van der Waals surface area contributed by atoms with E-state index in [1.54, 1.807) is 5.57 Å². The Balaban J connectivity index is 0.000000686. The summed E-state index contributed by atoms with van der Waals surface area (Å²) in [5.41, 5.74) is 1.60. The molecule has 0 spiro atoms. The summed E-state index contributed by atoms with van der Waals surface area (Å²) in [5.74, 6) is 1.78. The predicted octanol–water partition coefficient (Wildman–Crippen LogP) is 5.67. The van der Waals surface area contributed by atoms with E-state index in [1.807, 2.05) is 13.8 Å². The van der Waals surface area contributed by atoms with E-state index in [9.17, 15) is 0 Å². The zero-order chi connectivity index (χ0) is 12.5. The molecular formula is C17H28. The summed E-state index contributed by atoms with van der Waals surface area (Å²) < 4.78 is 0. The molecule has 0 nitrogen and oxygen atoms in total. The lowest BCUT2D eigenvalue weighted by Crippen LogP contribution is -2.20. The van der Waals surface area contributed by atoms with Crippen molar-refractivity contribution in [3.63, 3.8) is 0 Å². The molecule has 1 saturated carbocycles. The Bertz CT molecular complexity index is 280. The molecule has 0 heteroatoms. The topological polar surface area (TPSA) is 0 Å². The van der Waals surface area contributed by atoms with Crippen molar-refractivity contribution in [2.75, 3.05) is 0 Å². The molecule has 0 aliphatic heterocycles.